The van der Waals surface area contributed by atoms with Crippen molar-refractivity contribution in [2.75, 3.05) is 0 Å². The second kappa shape index (κ2) is 5.45. The van der Waals surface area contributed by atoms with Crippen molar-refractivity contribution in [2.45, 2.75) is 20.3 Å². The van der Waals surface area contributed by atoms with Crippen molar-refractivity contribution in [3.63, 3.8) is 0 Å². The number of Topliss-reactive ketones (excluding diaryl/α,β-unsaturated/α-hetero) is 1. The Bertz CT molecular complexity index is 368. The molecule has 1 N–H and O–H groups in total. The van der Waals surface area contributed by atoms with Crippen LogP contribution in [0.4, 0.5) is 0 Å². The van der Waals surface area contributed by atoms with E-state index in [1.165, 1.54) is 0 Å². The van der Waals surface area contributed by atoms with Gasteiger partial charge in [-0.2, -0.15) is 0 Å². The van der Waals surface area contributed by atoms with Gasteiger partial charge in [0.2, 0.25) is 0 Å². The molecule has 1 rings (SSSR count). The first-order valence-corrected chi connectivity index (χ1v) is 5.33. The quantitative estimate of drug-likeness (QED) is 0.776. The number of ketones is 1. The first-order chi connectivity index (χ1) is 7.52. The van der Waals surface area contributed by atoms with Crippen molar-refractivity contribution in [2.24, 2.45) is 11.8 Å². The monoisotopic (exact) mass is 220 g/mol. The summed E-state index contributed by atoms with van der Waals surface area (Å²) in [6.45, 7) is 3.63. The first kappa shape index (κ1) is 12.4. The second-order valence-electron chi connectivity index (χ2n) is 4.18. The van der Waals surface area contributed by atoms with Crippen LogP contribution in [-0.2, 0) is 4.79 Å². The lowest BCUT2D eigenvalue weighted by molar-refractivity contribution is -0.143. The summed E-state index contributed by atoms with van der Waals surface area (Å²) in [5.41, 5.74) is 0.578. The van der Waals surface area contributed by atoms with Gasteiger partial charge in [0, 0.05) is 12.0 Å². The Morgan fingerprint density at radius 2 is 1.75 bits per heavy atom. The van der Waals surface area contributed by atoms with Gasteiger partial charge in [0.05, 0.1) is 5.92 Å². The van der Waals surface area contributed by atoms with E-state index >= 15 is 0 Å². The lowest BCUT2D eigenvalue weighted by Crippen LogP contribution is -2.23. The van der Waals surface area contributed by atoms with E-state index in [0.29, 0.717) is 5.56 Å². The summed E-state index contributed by atoms with van der Waals surface area (Å²) in [5.74, 6) is -1.65. The molecule has 0 aliphatic carbocycles. The van der Waals surface area contributed by atoms with Crippen LogP contribution < -0.4 is 0 Å². The number of carbonyl (C=O) groups excluding carboxylic acids is 1. The minimum atomic E-state index is -0.903. The van der Waals surface area contributed by atoms with Crippen LogP contribution in [0.5, 0.6) is 0 Å². The van der Waals surface area contributed by atoms with Crippen molar-refractivity contribution in [3.05, 3.63) is 35.9 Å². The minimum Gasteiger partial charge on any atom is -0.481 e. The van der Waals surface area contributed by atoms with Crippen molar-refractivity contribution >= 4 is 11.8 Å². The maximum absolute atomic E-state index is 11.8. The molecule has 0 heterocycles. The number of rotatable bonds is 5. The van der Waals surface area contributed by atoms with Crippen LogP contribution in [0.2, 0.25) is 0 Å². The van der Waals surface area contributed by atoms with Gasteiger partial charge in [-0.3, -0.25) is 9.59 Å². The van der Waals surface area contributed by atoms with Crippen LogP contribution in [0.25, 0.3) is 0 Å². The molecule has 86 valence electrons. The first-order valence-electron chi connectivity index (χ1n) is 5.33. The molecule has 16 heavy (non-hydrogen) atoms. The Balaban J connectivity index is 2.74. The molecule has 0 saturated heterocycles. The van der Waals surface area contributed by atoms with Crippen LogP contribution in [0.1, 0.15) is 30.6 Å². The molecule has 3 nitrogen and oxygen atoms in total. The largest absolute Gasteiger partial charge is 0.481 e. The standard InChI is InChI=1S/C13H16O3/c1-9(2)11(13(15)16)8-12(14)10-6-4-3-5-7-10/h3-7,9,11H,8H2,1-2H3,(H,15,16). The van der Waals surface area contributed by atoms with Gasteiger partial charge in [-0.05, 0) is 5.92 Å². The van der Waals surface area contributed by atoms with Gasteiger partial charge < -0.3 is 5.11 Å². The van der Waals surface area contributed by atoms with Crippen molar-refractivity contribution < 1.29 is 14.7 Å². The van der Waals surface area contributed by atoms with Crippen LogP contribution in [0.15, 0.2) is 30.3 Å². The number of benzene rings is 1. The summed E-state index contributed by atoms with van der Waals surface area (Å²) in [4.78, 5) is 22.8. The Morgan fingerprint density at radius 3 is 2.19 bits per heavy atom. The molecular formula is C13H16O3. The van der Waals surface area contributed by atoms with E-state index < -0.39 is 11.9 Å². The Hall–Kier alpha value is -1.64. The fraction of sp³-hybridized carbons (Fsp3) is 0.385. The van der Waals surface area contributed by atoms with Gasteiger partial charge in [-0.25, -0.2) is 0 Å². The SMILES string of the molecule is CC(C)C(CC(=O)c1ccccc1)C(=O)O. The summed E-state index contributed by atoms with van der Waals surface area (Å²) in [5, 5.41) is 8.99. The predicted molar refractivity (Wildman–Crippen MR) is 61.4 cm³/mol. The molecule has 0 saturated carbocycles. The highest BCUT2D eigenvalue weighted by Gasteiger charge is 2.24. The van der Waals surface area contributed by atoms with E-state index in [1.807, 2.05) is 19.9 Å². The van der Waals surface area contributed by atoms with Crippen molar-refractivity contribution in [1.82, 2.24) is 0 Å². The molecule has 0 fully saturated rings. The normalized spacial score (nSPS) is 12.4. The number of hydrogen-bond acceptors (Lipinski definition) is 2. The zero-order valence-electron chi connectivity index (χ0n) is 9.51. The summed E-state index contributed by atoms with van der Waals surface area (Å²) in [7, 11) is 0. The van der Waals surface area contributed by atoms with Gasteiger partial charge in [-0.1, -0.05) is 44.2 Å². The Kier molecular flexibility index (Phi) is 4.23. The summed E-state index contributed by atoms with van der Waals surface area (Å²) < 4.78 is 0. The third-order valence-corrected chi connectivity index (χ3v) is 2.62. The number of carboxylic acid groups (broad SMARTS) is 1. The highest BCUT2D eigenvalue weighted by molar-refractivity contribution is 5.97. The highest BCUT2D eigenvalue weighted by Crippen LogP contribution is 2.18. The van der Waals surface area contributed by atoms with Gasteiger partial charge in [0.25, 0.3) is 0 Å². The van der Waals surface area contributed by atoms with Gasteiger partial charge in [0.1, 0.15) is 0 Å². The zero-order chi connectivity index (χ0) is 12.1. The topological polar surface area (TPSA) is 54.4 Å². The van der Waals surface area contributed by atoms with Gasteiger partial charge >= 0.3 is 5.97 Å². The molecule has 1 aromatic carbocycles. The molecule has 0 aliphatic rings. The van der Waals surface area contributed by atoms with E-state index in [2.05, 4.69) is 0 Å². The maximum Gasteiger partial charge on any atom is 0.307 e. The van der Waals surface area contributed by atoms with E-state index in [9.17, 15) is 9.59 Å². The molecule has 0 bridgehead atoms. The lowest BCUT2D eigenvalue weighted by Gasteiger charge is -2.14. The molecule has 0 spiro atoms. The van der Waals surface area contributed by atoms with E-state index in [4.69, 9.17) is 5.11 Å². The minimum absolute atomic E-state index is 0.0369. The van der Waals surface area contributed by atoms with Crippen LogP contribution in [0.3, 0.4) is 0 Å². The maximum atomic E-state index is 11.8. The third kappa shape index (κ3) is 3.19. The number of hydrogen-bond donors (Lipinski definition) is 1. The average molecular weight is 220 g/mol. The second-order valence-corrected chi connectivity index (χ2v) is 4.18. The predicted octanol–water partition coefficient (Wildman–Crippen LogP) is 2.62. The fourth-order valence-electron chi connectivity index (χ4n) is 1.55. The smallest absolute Gasteiger partial charge is 0.307 e. The molecule has 1 unspecified atom stereocenters. The van der Waals surface area contributed by atoms with E-state index in [-0.39, 0.29) is 18.1 Å². The van der Waals surface area contributed by atoms with E-state index in [1.54, 1.807) is 24.3 Å². The molecule has 0 aromatic heterocycles. The molecule has 1 atom stereocenters. The molecular weight excluding hydrogens is 204 g/mol. The van der Waals surface area contributed by atoms with Crippen molar-refractivity contribution in [3.8, 4) is 0 Å². The molecule has 1 aromatic rings. The fourth-order valence-corrected chi connectivity index (χ4v) is 1.55. The number of aliphatic carboxylic acids is 1. The molecule has 0 amide bonds. The summed E-state index contributed by atoms with van der Waals surface area (Å²) >= 11 is 0. The Morgan fingerprint density at radius 1 is 1.19 bits per heavy atom. The van der Waals surface area contributed by atoms with Crippen molar-refractivity contribution in [1.29, 1.82) is 0 Å². The van der Waals surface area contributed by atoms with E-state index in [0.717, 1.165) is 0 Å². The zero-order valence-corrected chi connectivity index (χ0v) is 9.51. The average Bonchev–Trinajstić information content (AvgIpc) is 2.25. The van der Waals surface area contributed by atoms with Crippen LogP contribution >= 0.6 is 0 Å². The molecule has 0 radical (unpaired) electrons. The third-order valence-electron chi connectivity index (χ3n) is 2.62. The number of carbonyl (C=O) groups is 2. The van der Waals surface area contributed by atoms with Crippen LogP contribution in [-0.4, -0.2) is 16.9 Å². The van der Waals surface area contributed by atoms with Gasteiger partial charge in [0.15, 0.2) is 5.78 Å². The molecule has 3 heteroatoms. The summed E-state index contributed by atoms with van der Waals surface area (Å²) in [6.07, 6.45) is 0.0665. The number of carboxylic acids is 1. The summed E-state index contributed by atoms with van der Waals surface area (Å²) in [6, 6.07) is 8.80. The van der Waals surface area contributed by atoms with Gasteiger partial charge in [-0.15, -0.1) is 0 Å². The molecule has 0 aliphatic heterocycles. The van der Waals surface area contributed by atoms with Crippen LogP contribution in [0, 0.1) is 11.8 Å². The highest BCUT2D eigenvalue weighted by atomic mass is 16.4. The Labute approximate surface area is 95.1 Å². The lowest BCUT2D eigenvalue weighted by atomic mass is 9.89.